The molecule has 0 saturated heterocycles. The van der Waals surface area contributed by atoms with Crippen molar-refractivity contribution in [3.63, 3.8) is 0 Å². The Morgan fingerprint density at radius 3 is 2.78 bits per heavy atom. The second kappa shape index (κ2) is 4.51. The Morgan fingerprint density at radius 1 is 1.28 bits per heavy atom. The fraction of sp³-hybridized carbons (Fsp3) is 0.182. The molecule has 0 bridgehead atoms. The standard InChI is InChI=1S/C11H10N4OS2/c1-2-6-8(10-14-15-11(12)18-10)17-9(13-6)7-4-3-5-16-7/h3-5H,2H2,1H3,(H2,12,15). The van der Waals surface area contributed by atoms with Crippen LogP contribution < -0.4 is 5.73 Å². The molecule has 0 amide bonds. The number of thiazole rings is 1. The van der Waals surface area contributed by atoms with Gasteiger partial charge in [0.25, 0.3) is 0 Å². The second-order valence-corrected chi connectivity index (χ2v) is 5.58. The van der Waals surface area contributed by atoms with Crippen LogP contribution in [0.5, 0.6) is 0 Å². The third-order valence-electron chi connectivity index (χ3n) is 2.40. The lowest BCUT2D eigenvalue weighted by atomic mass is 10.3. The molecule has 0 unspecified atom stereocenters. The van der Waals surface area contributed by atoms with Crippen LogP contribution in [0.1, 0.15) is 12.6 Å². The van der Waals surface area contributed by atoms with E-state index in [9.17, 15) is 0 Å². The van der Waals surface area contributed by atoms with Gasteiger partial charge in [0.05, 0.1) is 16.8 Å². The highest BCUT2D eigenvalue weighted by molar-refractivity contribution is 7.24. The summed E-state index contributed by atoms with van der Waals surface area (Å²) in [5.41, 5.74) is 6.62. The first-order chi connectivity index (χ1) is 8.78. The quantitative estimate of drug-likeness (QED) is 0.796. The number of hydrogen-bond donors (Lipinski definition) is 1. The van der Waals surface area contributed by atoms with Gasteiger partial charge in [0.15, 0.2) is 15.8 Å². The highest BCUT2D eigenvalue weighted by Crippen LogP contribution is 2.37. The van der Waals surface area contributed by atoms with Crippen LogP contribution in [0.15, 0.2) is 22.8 Å². The van der Waals surface area contributed by atoms with Crippen molar-refractivity contribution in [3.8, 4) is 20.7 Å². The predicted molar refractivity (Wildman–Crippen MR) is 72.5 cm³/mol. The first-order valence-electron chi connectivity index (χ1n) is 5.41. The predicted octanol–water partition coefficient (Wildman–Crippen LogP) is 3.07. The third kappa shape index (κ3) is 1.91. The summed E-state index contributed by atoms with van der Waals surface area (Å²) in [6.07, 6.45) is 2.48. The zero-order valence-corrected chi connectivity index (χ0v) is 11.2. The highest BCUT2D eigenvalue weighted by Gasteiger charge is 2.17. The lowest BCUT2D eigenvalue weighted by Crippen LogP contribution is -1.84. The molecular formula is C11H10N4OS2. The van der Waals surface area contributed by atoms with Gasteiger partial charge in [0, 0.05) is 0 Å². The van der Waals surface area contributed by atoms with Gasteiger partial charge in [-0.1, -0.05) is 18.3 Å². The van der Waals surface area contributed by atoms with Crippen molar-refractivity contribution in [1.29, 1.82) is 0 Å². The first kappa shape index (κ1) is 11.4. The molecule has 0 aromatic carbocycles. The molecule has 0 aliphatic rings. The van der Waals surface area contributed by atoms with Gasteiger partial charge in [-0.25, -0.2) is 4.98 Å². The Labute approximate surface area is 111 Å². The average Bonchev–Trinajstić information content (AvgIpc) is 3.07. The van der Waals surface area contributed by atoms with E-state index in [-0.39, 0.29) is 0 Å². The Morgan fingerprint density at radius 2 is 2.17 bits per heavy atom. The molecule has 3 aromatic rings. The maximum atomic E-state index is 5.62. The molecule has 0 radical (unpaired) electrons. The van der Waals surface area contributed by atoms with Crippen LogP contribution >= 0.6 is 22.7 Å². The minimum Gasteiger partial charge on any atom is -0.462 e. The summed E-state index contributed by atoms with van der Waals surface area (Å²) in [5, 5.41) is 10.1. The maximum Gasteiger partial charge on any atom is 0.203 e. The second-order valence-electron chi connectivity index (χ2n) is 3.57. The molecule has 5 nitrogen and oxygen atoms in total. The zero-order valence-electron chi connectivity index (χ0n) is 9.58. The zero-order chi connectivity index (χ0) is 12.5. The molecule has 0 saturated carbocycles. The van der Waals surface area contributed by atoms with Crippen LogP contribution in [0.3, 0.4) is 0 Å². The molecule has 0 spiro atoms. The first-order valence-corrected chi connectivity index (χ1v) is 7.04. The Hall–Kier alpha value is -1.73. The van der Waals surface area contributed by atoms with Gasteiger partial charge in [-0.2, -0.15) is 0 Å². The van der Waals surface area contributed by atoms with Crippen molar-refractivity contribution in [1.82, 2.24) is 15.2 Å². The number of aryl methyl sites for hydroxylation is 1. The van der Waals surface area contributed by atoms with Crippen molar-refractivity contribution in [2.24, 2.45) is 0 Å². The third-order valence-corrected chi connectivity index (χ3v) is 4.42. The smallest absolute Gasteiger partial charge is 0.203 e. The minimum absolute atomic E-state index is 0.472. The van der Waals surface area contributed by atoms with Crippen molar-refractivity contribution in [2.45, 2.75) is 13.3 Å². The Bertz CT molecular complexity index is 656. The molecule has 92 valence electrons. The maximum absolute atomic E-state index is 5.62. The summed E-state index contributed by atoms with van der Waals surface area (Å²) >= 11 is 2.93. The SMILES string of the molecule is CCc1nc(-c2ccco2)sc1-c1nnc(N)s1. The van der Waals surface area contributed by atoms with Gasteiger partial charge in [0.1, 0.15) is 0 Å². The molecule has 3 heterocycles. The van der Waals surface area contributed by atoms with Crippen molar-refractivity contribution >= 4 is 27.8 Å². The van der Waals surface area contributed by atoms with Crippen LogP contribution in [0.25, 0.3) is 20.7 Å². The van der Waals surface area contributed by atoms with Gasteiger partial charge >= 0.3 is 0 Å². The van der Waals surface area contributed by atoms with Crippen LogP contribution in [-0.2, 0) is 6.42 Å². The van der Waals surface area contributed by atoms with Crippen LogP contribution in [-0.4, -0.2) is 15.2 Å². The highest BCUT2D eigenvalue weighted by atomic mass is 32.1. The lowest BCUT2D eigenvalue weighted by Gasteiger charge is -1.91. The number of rotatable bonds is 3. The molecule has 18 heavy (non-hydrogen) atoms. The monoisotopic (exact) mass is 278 g/mol. The molecule has 0 fully saturated rings. The van der Waals surface area contributed by atoms with E-state index >= 15 is 0 Å². The lowest BCUT2D eigenvalue weighted by molar-refractivity contribution is 0.581. The summed E-state index contributed by atoms with van der Waals surface area (Å²) in [4.78, 5) is 5.61. The molecule has 7 heteroatoms. The van der Waals surface area contributed by atoms with Crippen molar-refractivity contribution < 1.29 is 4.42 Å². The van der Waals surface area contributed by atoms with E-state index < -0.39 is 0 Å². The van der Waals surface area contributed by atoms with Gasteiger partial charge in [-0.15, -0.1) is 21.5 Å². The van der Waals surface area contributed by atoms with Crippen molar-refractivity contribution in [3.05, 3.63) is 24.1 Å². The van der Waals surface area contributed by atoms with Crippen LogP contribution in [0, 0.1) is 0 Å². The van der Waals surface area contributed by atoms with E-state index in [1.807, 2.05) is 12.1 Å². The van der Waals surface area contributed by atoms with Crippen LogP contribution in [0.4, 0.5) is 5.13 Å². The van der Waals surface area contributed by atoms with Gasteiger partial charge in [-0.3, -0.25) is 0 Å². The largest absolute Gasteiger partial charge is 0.462 e. The fourth-order valence-corrected chi connectivity index (χ4v) is 3.41. The number of aromatic nitrogens is 3. The molecule has 2 N–H and O–H groups in total. The van der Waals surface area contributed by atoms with E-state index in [0.717, 1.165) is 32.8 Å². The number of nitrogen functional groups attached to an aromatic ring is 1. The van der Waals surface area contributed by atoms with E-state index in [0.29, 0.717) is 5.13 Å². The fourth-order valence-electron chi connectivity index (χ4n) is 1.59. The molecule has 0 atom stereocenters. The van der Waals surface area contributed by atoms with E-state index in [2.05, 4.69) is 22.1 Å². The number of furan rings is 1. The molecule has 3 aromatic heterocycles. The molecule has 0 aliphatic heterocycles. The number of anilines is 1. The number of nitrogens with zero attached hydrogens (tertiary/aromatic N) is 3. The van der Waals surface area contributed by atoms with Crippen LogP contribution in [0.2, 0.25) is 0 Å². The molecular weight excluding hydrogens is 268 g/mol. The topological polar surface area (TPSA) is 77.8 Å². The Kier molecular flexibility index (Phi) is 2.85. The summed E-state index contributed by atoms with van der Waals surface area (Å²) in [6.45, 7) is 2.06. The van der Waals surface area contributed by atoms with Gasteiger partial charge < -0.3 is 10.2 Å². The Balaban J connectivity index is 2.09. The normalized spacial score (nSPS) is 10.9. The molecule has 0 aliphatic carbocycles. The molecule has 3 rings (SSSR count). The summed E-state index contributed by atoms with van der Waals surface area (Å²) in [6, 6.07) is 3.75. The summed E-state index contributed by atoms with van der Waals surface area (Å²) in [7, 11) is 0. The number of hydrogen-bond acceptors (Lipinski definition) is 7. The minimum atomic E-state index is 0.472. The average molecular weight is 278 g/mol. The van der Waals surface area contributed by atoms with Gasteiger partial charge in [0.2, 0.25) is 5.13 Å². The number of nitrogens with two attached hydrogens (primary N) is 1. The van der Waals surface area contributed by atoms with Gasteiger partial charge in [-0.05, 0) is 18.6 Å². The van der Waals surface area contributed by atoms with E-state index in [1.165, 1.54) is 11.3 Å². The van der Waals surface area contributed by atoms with E-state index in [4.69, 9.17) is 10.2 Å². The van der Waals surface area contributed by atoms with E-state index in [1.54, 1.807) is 17.6 Å². The summed E-state index contributed by atoms with van der Waals surface area (Å²) < 4.78 is 5.36. The summed E-state index contributed by atoms with van der Waals surface area (Å²) in [5.74, 6) is 0.776. The van der Waals surface area contributed by atoms with Crippen molar-refractivity contribution in [2.75, 3.05) is 5.73 Å².